The van der Waals surface area contributed by atoms with E-state index in [-0.39, 0.29) is 85.2 Å². The zero-order valence-corrected chi connectivity index (χ0v) is 28.0. The van der Waals surface area contributed by atoms with Gasteiger partial charge < -0.3 is 23.8 Å². The lowest BCUT2D eigenvalue weighted by atomic mass is 9.81. The van der Waals surface area contributed by atoms with Crippen molar-refractivity contribution in [3.63, 3.8) is 0 Å². The number of hydrogen-bond acceptors (Lipinski definition) is 9. The number of nitrogens with zero attached hydrogens (tertiary/aromatic N) is 5. The summed E-state index contributed by atoms with van der Waals surface area (Å²) in [5, 5.41) is 0. The molecule has 2 aliphatic heterocycles. The summed E-state index contributed by atoms with van der Waals surface area (Å²) < 4.78 is 60.6. The lowest BCUT2D eigenvalue weighted by Gasteiger charge is -2.53. The number of hydrogen-bond donors (Lipinski definition) is 0. The first-order valence-corrected chi connectivity index (χ1v) is 14.7. The fourth-order valence-corrected chi connectivity index (χ4v) is 6.35. The van der Waals surface area contributed by atoms with Crippen molar-refractivity contribution in [2.75, 3.05) is 67.3 Å². The van der Waals surface area contributed by atoms with Gasteiger partial charge in [0, 0.05) is 64.4 Å². The van der Waals surface area contributed by atoms with Crippen LogP contribution in [0.2, 0.25) is 0 Å². The van der Waals surface area contributed by atoms with E-state index in [1.807, 2.05) is 41.3 Å². The van der Waals surface area contributed by atoms with Gasteiger partial charge in [-0.25, -0.2) is 0 Å². The van der Waals surface area contributed by atoms with Gasteiger partial charge in [-0.15, -0.1) is 24.8 Å². The molecule has 0 saturated carbocycles. The third-order valence-corrected chi connectivity index (χ3v) is 8.23. The first-order chi connectivity index (χ1) is 21.7. The molecule has 2 aliphatic rings. The molecule has 15 heteroatoms. The van der Waals surface area contributed by atoms with E-state index in [0.717, 1.165) is 11.1 Å². The second-order valence-corrected chi connectivity index (χ2v) is 11.1. The molecule has 0 aliphatic carbocycles. The lowest BCUT2D eigenvalue weighted by molar-refractivity contribution is -0.154. The number of benzene rings is 2. The summed E-state index contributed by atoms with van der Waals surface area (Å²) in [6.07, 6.45) is -4.57. The topological polar surface area (TPSA) is 89.5 Å². The van der Waals surface area contributed by atoms with E-state index in [9.17, 15) is 18.0 Å². The molecular formula is C32H40Cl2F3N5O5. The average Bonchev–Trinajstić information content (AvgIpc) is 3.04. The SMILES string of the molecule is COCC(=O)N1CCN2[C@H](CN(Cc3c(OC)nc(OC)nc3OCC(F)(F)F)C[C@H]2C(c2ccccc2)c2ccccc2)C1.Cl.Cl. The van der Waals surface area contributed by atoms with E-state index < -0.39 is 12.8 Å². The molecule has 258 valence electrons. The Morgan fingerprint density at radius 3 is 2.04 bits per heavy atom. The van der Waals surface area contributed by atoms with Crippen LogP contribution < -0.4 is 14.2 Å². The van der Waals surface area contributed by atoms with Gasteiger partial charge in [0.15, 0.2) is 6.61 Å². The Kier molecular flexibility index (Phi) is 13.9. The molecule has 2 saturated heterocycles. The minimum atomic E-state index is -4.57. The molecule has 2 aromatic carbocycles. The van der Waals surface area contributed by atoms with E-state index in [4.69, 9.17) is 18.9 Å². The Labute approximate surface area is 285 Å². The molecule has 3 heterocycles. The maximum atomic E-state index is 13.2. The van der Waals surface area contributed by atoms with Crippen molar-refractivity contribution < 1.29 is 36.9 Å². The number of halogens is 5. The Hall–Kier alpha value is -3.36. The number of carbonyl (C=O) groups excluding carboxylic acids is 1. The molecule has 0 unspecified atom stereocenters. The number of carbonyl (C=O) groups is 1. The van der Waals surface area contributed by atoms with Crippen LogP contribution in [-0.2, 0) is 16.1 Å². The molecule has 0 bridgehead atoms. The maximum Gasteiger partial charge on any atom is 0.422 e. The second kappa shape index (κ2) is 17.2. The summed E-state index contributed by atoms with van der Waals surface area (Å²) in [5.74, 6) is -0.283. The van der Waals surface area contributed by atoms with Gasteiger partial charge in [0.2, 0.25) is 17.7 Å². The minimum Gasteiger partial charge on any atom is -0.481 e. The fraction of sp³-hybridized carbons (Fsp3) is 0.469. The number of fused-ring (bicyclic) bond motifs is 1. The smallest absolute Gasteiger partial charge is 0.422 e. The van der Waals surface area contributed by atoms with Crippen molar-refractivity contribution in [3.8, 4) is 17.8 Å². The summed E-state index contributed by atoms with van der Waals surface area (Å²) in [4.78, 5) is 27.7. The molecule has 10 nitrogen and oxygen atoms in total. The predicted molar refractivity (Wildman–Crippen MR) is 174 cm³/mol. The molecular weight excluding hydrogens is 662 g/mol. The number of ether oxygens (including phenoxy) is 4. The Morgan fingerprint density at radius 1 is 0.872 bits per heavy atom. The van der Waals surface area contributed by atoms with Gasteiger partial charge in [0.1, 0.15) is 6.61 Å². The van der Waals surface area contributed by atoms with Crippen LogP contribution in [0.4, 0.5) is 13.2 Å². The van der Waals surface area contributed by atoms with Gasteiger partial charge >= 0.3 is 12.2 Å². The lowest BCUT2D eigenvalue weighted by Crippen LogP contribution is -2.67. The van der Waals surface area contributed by atoms with Crippen molar-refractivity contribution in [1.82, 2.24) is 24.7 Å². The summed E-state index contributed by atoms with van der Waals surface area (Å²) in [7, 11) is 4.21. The normalized spacial score (nSPS) is 18.5. The van der Waals surface area contributed by atoms with Crippen molar-refractivity contribution in [2.24, 2.45) is 0 Å². The van der Waals surface area contributed by atoms with Crippen LogP contribution in [0.15, 0.2) is 60.7 Å². The molecule has 1 amide bonds. The quantitative estimate of drug-likeness (QED) is 0.288. The van der Waals surface area contributed by atoms with E-state index in [1.165, 1.54) is 21.3 Å². The van der Waals surface area contributed by atoms with Crippen molar-refractivity contribution in [3.05, 3.63) is 77.4 Å². The van der Waals surface area contributed by atoms with Crippen LogP contribution in [-0.4, -0.2) is 116 Å². The van der Waals surface area contributed by atoms with E-state index in [1.54, 1.807) is 0 Å². The second-order valence-electron chi connectivity index (χ2n) is 11.1. The van der Waals surface area contributed by atoms with Crippen LogP contribution in [0.25, 0.3) is 0 Å². The zero-order chi connectivity index (χ0) is 32.0. The third-order valence-electron chi connectivity index (χ3n) is 8.23. The first-order valence-electron chi connectivity index (χ1n) is 14.7. The fourth-order valence-electron chi connectivity index (χ4n) is 6.35. The van der Waals surface area contributed by atoms with E-state index in [0.29, 0.717) is 32.7 Å². The first kappa shape index (κ1) is 38.1. The highest BCUT2D eigenvalue weighted by Crippen LogP contribution is 2.37. The van der Waals surface area contributed by atoms with Crippen LogP contribution in [0.1, 0.15) is 22.6 Å². The van der Waals surface area contributed by atoms with Crippen molar-refractivity contribution >= 4 is 30.7 Å². The summed E-state index contributed by atoms with van der Waals surface area (Å²) in [6.45, 7) is 1.47. The summed E-state index contributed by atoms with van der Waals surface area (Å²) in [5.41, 5.74) is 2.58. The van der Waals surface area contributed by atoms with Crippen LogP contribution in [0.5, 0.6) is 17.8 Å². The van der Waals surface area contributed by atoms with Gasteiger partial charge in [-0.2, -0.15) is 23.1 Å². The van der Waals surface area contributed by atoms with Gasteiger partial charge in [-0.05, 0) is 11.1 Å². The number of methoxy groups -OCH3 is 3. The van der Waals surface area contributed by atoms with Crippen molar-refractivity contribution in [1.29, 1.82) is 0 Å². The van der Waals surface area contributed by atoms with Gasteiger partial charge in [-0.3, -0.25) is 14.6 Å². The Morgan fingerprint density at radius 2 is 1.49 bits per heavy atom. The molecule has 5 rings (SSSR count). The van der Waals surface area contributed by atoms with Gasteiger partial charge in [0.05, 0.1) is 19.8 Å². The maximum absolute atomic E-state index is 13.2. The number of amides is 1. The molecule has 2 atom stereocenters. The molecule has 1 aromatic heterocycles. The van der Waals surface area contributed by atoms with E-state index in [2.05, 4.69) is 44.0 Å². The van der Waals surface area contributed by atoms with Gasteiger partial charge in [-0.1, -0.05) is 60.7 Å². The Balaban J connectivity index is 0.00000300. The number of aromatic nitrogens is 2. The standard InChI is InChI=1S/C32H38F3N5O5.2ClH/c1-42-20-27(41)39-14-15-40-24(17-39)16-38(18-25-29(43-2)36-31(44-3)37-30(25)45-21-32(33,34)35)19-26(40)28(22-10-6-4-7-11-22)23-12-8-5-9-13-23;;/h4-13,24,26,28H,14-21H2,1-3H3;2*1H/t24-,26+;;/m1../s1. The highest BCUT2D eigenvalue weighted by atomic mass is 35.5. The summed E-state index contributed by atoms with van der Waals surface area (Å²) >= 11 is 0. The predicted octanol–water partition coefficient (Wildman–Crippen LogP) is 4.45. The Bertz CT molecular complexity index is 1390. The molecule has 47 heavy (non-hydrogen) atoms. The summed E-state index contributed by atoms with van der Waals surface area (Å²) in [6, 6.07) is 20.3. The monoisotopic (exact) mass is 701 g/mol. The number of piperazine rings is 2. The highest BCUT2D eigenvalue weighted by molar-refractivity contribution is 5.85. The number of rotatable bonds is 11. The number of alkyl halides is 3. The molecule has 3 aromatic rings. The highest BCUT2D eigenvalue weighted by Gasteiger charge is 2.43. The van der Waals surface area contributed by atoms with Crippen LogP contribution >= 0.6 is 24.8 Å². The molecule has 0 N–H and O–H groups in total. The van der Waals surface area contributed by atoms with E-state index >= 15 is 0 Å². The van der Waals surface area contributed by atoms with Crippen LogP contribution in [0.3, 0.4) is 0 Å². The zero-order valence-electron chi connectivity index (χ0n) is 26.4. The van der Waals surface area contributed by atoms with Crippen molar-refractivity contribution in [2.45, 2.75) is 30.7 Å². The molecule has 0 radical (unpaired) electrons. The largest absolute Gasteiger partial charge is 0.481 e. The van der Waals surface area contributed by atoms with Gasteiger partial charge in [0.25, 0.3) is 0 Å². The minimum absolute atomic E-state index is 0. The average molecular weight is 703 g/mol. The molecule has 0 spiro atoms. The molecule has 2 fully saturated rings. The van der Waals surface area contributed by atoms with Crippen LogP contribution in [0, 0.1) is 0 Å². The third kappa shape index (κ3) is 9.38.